The van der Waals surface area contributed by atoms with Crippen molar-refractivity contribution in [2.24, 2.45) is 0 Å². The van der Waals surface area contributed by atoms with Crippen LogP contribution in [0.25, 0.3) is 5.70 Å². The highest BCUT2D eigenvalue weighted by molar-refractivity contribution is 7.80. The summed E-state index contributed by atoms with van der Waals surface area (Å²) < 4.78 is 14.2. The molecule has 2 aromatic carbocycles. The van der Waals surface area contributed by atoms with Crippen LogP contribution in [0, 0.1) is 5.82 Å². The first-order valence-corrected chi connectivity index (χ1v) is 7.78. The summed E-state index contributed by atoms with van der Waals surface area (Å²) in [5.74, 6) is -0.199. The van der Waals surface area contributed by atoms with Gasteiger partial charge in [-0.15, -0.1) is 0 Å². The fourth-order valence-electron chi connectivity index (χ4n) is 3.33. The molecule has 2 nitrogen and oxygen atoms in total. The lowest BCUT2D eigenvalue weighted by Crippen LogP contribution is -2.44. The number of nitrogens with one attached hydrogen (secondary N) is 2. The van der Waals surface area contributed by atoms with E-state index in [0.717, 1.165) is 18.5 Å². The molecule has 0 saturated carbocycles. The molecule has 0 bridgehead atoms. The monoisotopic (exact) mass is 310 g/mol. The van der Waals surface area contributed by atoms with Gasteiger partial charge in [-0.2, -0.15) is 0 Å². The van der Waals surface area contributed by atoms with Crippen molar-refractivity contribution in [1.29, 1.82) is 0 Å². The average molecular weight is 310 g/mol. The molecule has 1 unspecified atom stereocenters. The van der Waals surface area contributed by atoms with Crippen LogP contribution in [0.4, 0.5) is 4.39 Å². The second-order valence-corrected chi connectivity index (χ2v) is 6.02. The van der Waals surface area contributed by atoms with Gasteiger partial charge in [-0.3, -0.25) is 0 Å². The Bertz CT molecular complexity index is 797. The summed E-state index contributed by atoms with van der Waals surface area (Å²) >= 11 is 5.34. The van der Waals surface area contributed by atoms with E-state index in [1.54, 1.807) is 6.07 Å². The van der Waals surface area contributed by atoms with Crippen molar-refractivity contribution in [3.05, 3.63) is 76.6 Å². The molecule has 1 aliphatic heterocycles. The van der Waals surface area contributed by atoms with E-state index in [2.05, 4.69) is 28.8 Å². The first kappa shape index (κ1) is 13.5. The van der Waals surface area contributed by atoms with Gasteiger partial charge >= 0.3 is 0 Å². The molecule has 0 spiro atoms. The van der Waals surface area contributed by atoms with Crippen LogP contribution >= 0.6 is 12.2 Å². The molecule has 0 radical (unpaired) electrons. The minimum atomic E-state index is -0.199. The number of benzene rings is 2. The molecule has 2 N–H and O–H groups in total. The number of hydrogen-bond acceptors (Lipinski definition) is 1. The summed E-state index contributed by atoms with van der Waals surface area (Å²) in [5.41, 5.74) is 5.36. The van der Waals surface area contributed by atoms with Crippen LogP contribution in [-0.4, -0.2) is 5.11 Å². The second kappa shape index (κ2) is 5.21. The zero-order chi connectivity index (χ0) is 15.1. The predicted octanol–water partition coefficient (Wildman–Crippen LogP) is 3.70. The molecule has 0 saturated heterocycles. The van der Waals surface area contributed by atoms with Gasteiger partial charge in [0, 0.05) is 16.8 Å². The van der Waals surface area contributed by atoms with Crippen molar-refractivity contribution in [2.45, 2.75) is 18.9 Å². The van der Waals surface area contributed by atoms with Crippen molar-refractivity contribution < 1.29 is 4.39 Å². The number of hydrogen-bond donors (Lipinski definition) is 2. The predicted molar refractivity (Wildman–Crippen MR) is 89.7 cm³/mol. The minimum Gasteiger partial charge on any atom is -0.352 e. The standard InChI is InChI=1S/C18H15FN2S/c19-15-8-4-3-7-13(15)17-14-10-9-11-5-1-2-6-12(11)16(14)20-18(22)21-17/h1-8,17H,9-10H2,(H2,20,21,22). The van der Waals surface area contributed by atoms with E-state index in [1.807, 2.05) is 18.2 Å². The zero-order valence-electron chi connectivity index (χ0n) is 11.9. The summed E-state index contributed by atoms with van der Waals surface area (Å²) in [6, 6.07) is 15.0. The van der Waals surface area contributed by atoms with Crippen molar-refractivity contribution in [1.82, 2.24) is 10.6 Å². The molecule has 1 atom stereocenters. The Morgan fingerprint density at radius 2 is 1.77 bits per heavy atom. The van der Waals surface area contributed by atoms with E-state index in [9.17, 15) is 4.39 Å². The maximum atomic E-state index is 14.2. The Hall–Kier alpha value is -2.20. The van der Waals surface area contributed by atoms with Crippen LogP contribution in [0.2, 0.25) is 0 Å². The van der Waals surface area contributed by atoms with Crippen molar-refractivity contribution >= 4 is 23.0 Å². The van der Waals surface area contributed by atoms with Gasteiger partial charge < -0.3 is 10.6 Å². The highest BCUT2D eigenvalue weighted by atomic mass is 32.1. The van der Waals surface area contributed by atoms with Crippen LogP contribution in [-0.2, 0) is 6.42 Å². The van der Waals surface area contributed by atoms with E-state index in [4.69, 9.17) is 12.2 Å². The van der Waals surface area contributed by atoms with Crippen LogP contribution in [0.5, 0.6) is 0 Å². The molecule has 0 fully saturated rings. The van der Waals surface area contributed by atoms with Crippen molar-refractivity contribution in [2.75, 3.05) is 0 Å². The molecule has 2 aromatic rings. The molecule has 22 heavy (non-hydrogen) atoms. The van der Waals surface area contributed by atoms with Crippen LogP contribution in [0.1, 0.15) is 29.2 Å². The Morgan fingerprint density at radius 3 is 2.64 bits per heavy atom. The average Bonchev–Trinajstić information content (AvgIpc) is 2.54. The maximum Gasteiger partial charge on any atom is 0.171 e. The van der Waals surface area contributed by atoms with Crippen LogP contribution in [0.3, 0.4) is 0 Å². The first-order valence-electron chi connectivity index (χ1n) is 7.37. The van der Waals surface area contributed by atoms with Crippen molar-refractivity contribution in [3.8, 4) is 0 Å². The van der Waals surface area contributed by atoms with Crippen LogP contribution < -0.4 is 10.6 Å². The lowest BCUT2D eigenvalue weighted by molar-refractivity contribution is 0.573. The normalized spacial score (nSPS) is 19.9. The number of rotatable bonds is 1. The van der Waals surface area contributed by atoms with Gasteiger partial charge in [-0.1, -0.05) is 42.5 Å². The maximum absolute atomic E-state index is 14.2. The highest BCUT2D eigenvalue weighted by Gasteiger charge is 2.31. The summed E-state index contributed by atoms with van der Waals surface area (Å²) in [6.45, 7) is 0. The zero-order valence-corrected chi connectivity index (χ0v) is 12.7. The topological polar surface area (TPSA) is 24.1 Å². The lowest BCUT2D eigenvalue weighted by Gasteiger charge is -2.35. The molecule has 4 rings (SSSR count). The summed E-state index contributed by atoms with van der Waals surface area (Å²) in [4.78, 5) is 0. The summed E-state index contributed by atoms with van der Waals surface area (Å²) in [6.07, 6.45) is 1.87. The Balaban J connectivity index is 1.88. The molecule has 0 amide bonds. The van der Waals surface area contributed by atoms with E-state index in [1.165, 1.54) is 22.8 Å². The third kappa shape index (κ3) is 2.11. The molecule has 1 aliphatic carbocycles. The molecular formula is C18H15FN2S. The van der Waals surface area contributed by atoms with Crippen molar-refractivity contribution in [3.63, 3.8) is 0 Å². The van der Waals surface area contributed by atoms with Crippen LogP contribution in [0.15, 0.2) is 54.1 Å². The smallest absolute Gasteiger partial charge is 0.171 e. The van der Waals surface area contributed by atoms with Gasteiger partial charge in [-0.25, -0.2) is 4.39 Å². The van der Waals surface area contributed by atoms with E-state index in [0.29, 0.717) is 10.7 Å². The van der Waals surface area contributed by atoms with Gasteiger partial charge in [-0.05, 0) is 42.3 Å². The molecular weight excluding hydrogens is 295 g/mol. The Labute approximate surface area is 134 Å². The third-order valence-electron chi connectivity index (χ3n) is 4.35. The molecule has 110 valence electrons. The third-order valence-corrected chi connectivity index (χ3v) is 4.57. The molecule has 4 heteroatoms. The summed E-state index contributed by atoms with van der Waals surface area (Å²) in [7, 11) is 0. The van der Waals surface area contributed by atoms with Gasteiger partial charge in [0.2, 0.25) is 0 Å². The molecule has 2 aliphatic rings. The lowest BCUT2D eigenvalue weighted by atomic mass is 9.83. The largest absolute Gasteiger partial charge is 0.352 e. The highest BCUT2D eigenvalue weighted by Crippen LogP contribution is 2.39. The number of aryl methyl sites for hydroxylation is 1. The Kier molecular flexibility index (Phi) is 3.19. The quantitative estimate of drug-likeness (QED) is 0.785. The van der Waals surface area contributed by atoms with Gasteiger partial charge in [0.15, 0.2) is 5.11 Å². The fraction of sp³-hybridized carbons (Fsp3) is 0.167. The fourth-order valence-corrected chi connectivity index (χ4v) is 3.55. The minimum absolute atomic E-state index is 0.196. The first-order chi connectivity index (χ1) is 10.7. The van der Waals surface area contributed by atoms with E-state index in [-0.39, 0.29) is 11.9 Å². The summed E-state index contributed by atoms with van der Waals surface area (Å²) in [5, 5.41) is 7.04. The number of thiocarbonyl (C=S) groups is 1. The van der Waals surface area contributed by atoms with Gasteiger partial charge in [0.05, 0.1) is 6.04 Å². The van der Waals surface area contributed by atoms with E-state index >= 15 is 0 Å². The molecule has 0 aromatic heterocycles. The van der Waals surface area contributed by atoms with E-state index < -0.39 is 0 Å². The second-order valence-electron chi connectivity index (χ2n) is 5.61. The van der Waals surface area contributed by atoms with Gasteiger partial charge in [0.1, 0.15) is 5.82 Å². The Morgan fingerprint density at radius 1 is 1.00 bits per heavy atom. The molecule has 1 heterocycles. The number of halogens is 1. The van der Waals surface area contributed by atoms with Gasteiger partial charge in [0.25, 0.3) is 0 Å². The SMILES string of the molecule is Fc1ccccc1C1NC(=S)NC2=C1CCc1ccccc12. The number of fused-ring (bicyclic) bond motifs is 2.